The number of hydrogen-bond acceptors (Lipinski definition) is 0. The van der Waals surface area contributed by atoms with Crippen LogP contribution in [-0.4, -0.2) is 0 Å². The lowest BCUT2D eigenvalue weighted by atomic mass is 9.80. The molecule has 2 aliphatic rings. The highest BCUT2D eigenvalue weighted by molar-refractivity contribution is 5.48. The van der Waals surface area contributed by atoms with Gasteiger partial charge in [-0.1, -0.05) is 52.2 Å². The SMILES string of the molecule is CCCc1ccc(C2(C3CC3)CC2)c(CCC)c1CCC. The Labute approximate surface area is 131 Å². The topological polar surface area (TPSA) is 0 Å². The molecule has 0 spiro atoms. The number of aryl methyl sites for hydroxylation is 1. The third kappa shape index (κ3) is 2.79. The summed E-state index contributed by atoms with van der Waals surface area (Å²) >= 11 is 0. The zero-order valence-corrected chi connectivity index (χ0v) is 14.3. The summed E-state index contributed by atoms with van der Waals surface area (Å²) in [5.41, 5.74) is 7.56. The highest BCUT2D eigenvalue weighted by Gasteiger charge is 2.55. The van der Waals surface area contributed by atoms with Gasteiger partial charge in [-0.3, -0.25) is 0 Å². The number of benzene rings is 1. The highest BCUT2D eigenvalue weighted by atomic mass is 14.6. The maximum atomic E-state index is 2.54. The van der Waals surface area contributed by atoms with Gasteiger partial charge in [0.15, 0.2) is 0 Å². The fourth-order valence-corrected chi connectivity index (χ4v) is 4.48. The van der Waals surface area contributed by atoms with E-state index in [0.29, 0.717) is 5.41 Å². The van der Waals surface area contributed by atoms with Crippen molar-refractivity contribution in [2.24, 2.45) is 5.92 Å². The van der Waals surface area contributed by atoms with Crippen LogP contribution in [-0.2, 0) is 24.7 Å². The van der Waals surface area contributed by atoms with Crippen molar-refractivity contribution in [3.63, 3.8) is 0 Å². The Kier molecular flexibility index (Phi) is 4.43. The summed E-state index contributed by atoms with van der Waals surface area (Å²) in [7, 11) is 0. The zero-order valence-electron chi connectivity index (χ0n) is 14.3. The van der Waals surface area contributed by atoms with Crippen molar-refractivity contribution in [3.8, 4) is 0 Å². The molecule has 1 aromatic rings. The van der Waals surface area contributed by atoms with Crippen molar-refractivity contribution in [2.45, 2.75) is 90.4 Å². The van der Waals surface area contributed by atoms with Crippen molar-refractivity contribution in [1.29, 1.82) is 0 Å². The van der Waals surface area contributed by atoms with Gasteiger partial charge in [-0.15, -0.1) is 0 Å². The second-order valence-electron chi connectivity index (χ2n) is 7.41. The molecule has 0 amide bonds. The predicted molar refractivity (Wildman–Crippen MR) is 92.1 cm³/mol. The molecule has 0 heterocycles. The van der Waals surface area contributed by atoms with Gasteiger partial charge < -0.3 is 0 Å². The minimum Gasteiger partial charge on any atom is -0.0651 e. The largest absolute Gasteiger partial charge is 0.0651 e. The maximum Gasteiger partial charge on any atom is -0.00153 e. The van der Waals surface area contributed by atoms with Gasteiger partial charge in [0.1, 0.15) is 0 Å². The molecule has 2 fully saturated rings. The van der Waals surface area contributed by atoms with Crippen LogP contribution in [0.5, 0.6) is 0 Å². The first kappa shape index (κ1) is 15.1. The summed E-state index contributed by atoms with van der Waals surface area (Å²) < 4.78 is 0. The summed E-state index contributed by atoms with van der Waals surface area (Å²) in [6.07, 6.45) is 13.6. The second-order valence-corrected chi connectivity index (χ2v) is 7.41. The lowest BCUT2D eigenvalue weighted by Gasteiger charge is -2.24. The van der Waals surface area contributed by atoms with Crippen LogP contribution in [0.3, 0.4) is 0 Å². The third-order valence-electron chi connectivity index (χ3n) is 5.73. The van der Waals surface area contributed by atoms with E-state index < -0.39 is 0 Å². The van der Waals surface area contributed by atoms with E-state index in [2.05, 4.69) is 32.9 Å². The Morgan fingerprint density at radius 3 is 2.00 bits per heavy atom. The normalized spacial score (nSPS) is 19.8. The average Bonchev–Trinajstić information content (AvgIpc) is 3.35. The lowest BCUT2D eigenvalue weighted by molar-refractivity contribution is 0.586. The lowest BCUT2D eigenvalue weighted by Crippen LogP contribution is -2.15. The van der Waals surface area contributed by atoms with Crippen LogP contribution in [0.15, 0.2) is 12.1 Å². The van der Waals surface area contributed by atoms with Gasteiger partial charge in [0.2, 0.25) is 0 Å². The van der Waals surface area contributed by atoms with Gasteiger partial charge in [0.25, 0.3) is 0 Å². The van der Waals surface area contributed by atoms with Crippen LogP contribution < -0.4 is 0 Å². The molecule has 116 valence electrons. The van der Waals surface area contributed by atoms with Crippen molar-refractivity contribution in [2.75, 3.05) is 0 Å². The fourth-order valence-electron chi connectivity index (χ4n) is 4.48. The van der Waals surface area contributed by atoms with Crippen molar-refractivity contribution < 1.29 is 0 Å². The highest BCUT2D eigenvalue weighted by Crippen LogP contribution is 2.63. The minimum atomic E-state index is 0.623. The zero-order chi connectivity index (χ0) is 14.9. The van der Waals surface area contributed by atoms with E-state index in [1.165, 1.54) is 64.2 Å². The van der Waals surface area contributed by atoms with E-state index in [9.17, 15) is 0 Å². The average molecular weight is 284 g/mol. The van der Waals surface area contributed by atoms with Crippen molar-refractivity contribution in [1.82, 2.24) is 0 Å². The molecule has 0 heteroatoms. The molecule has 0 unspecified atom stereocenters. The Morgan fingerprint density at radius 2 is 1.48 bits per heavy atom. The molecule has 0 N–H and O–H groups in total. The maximum absolute atomic E-state index is 2.54. The monoisotopic (exact) mass is 284 g/mol. The van der Waals surface area contributed by atoms with Crippen LogP contribution in [0.25, 0.3) is 0 Å². The van der Waals surface area contributed by atoms with Gasteiger partial charge >= 0.3 is 0 Å². The first-order valence-corrected chi connectivity index (χ1v) is 9.40. The molecule has 0 atom stereocenters. The van der Waals surface area contributed by atoms with E-state index in [1.807, 2.05) is 0 Å². The molecule has 0 nitrogen and oxygen atoms in total. The molecule has 0 aromatic heterocycles. The molecule has 0 aliphatic heterocycles. The van der Waals surface area contributed by atoms with Gasteiger partial charge in [0.05, 0.1) is 0 Å². The Hall–Kier alpha value is -0.780. The molecule has 0 saturated heterocycles. The molecule has 1 aromatic carbocycles. The van der Waals surface area contributed by atoms with Crippen LogP contribution >= 0.6 is 0 Å². The van der Waals surface area contributed by atoms with E-state index >= 15 is 0 Å². The predicted octanol–water partition coefficient (Wildman–Crippen LogP) is 5.99. The summed E-state index contributed by atoms with van der Waals surface area (Å²) in [5, 5.41) is 0. The molecule has 0 bridgehead atoms. The Bertz CT molecular complexity index is 489. The molecule has 2 saturated carbocycles. The standard InChI is InChI=1S/C21H32/c1-4-7-16-10-13-20(21(14-15-21)17-11-12-17)19(9-6-3)18(16)8-5-2/h10,13,17H,4-9,11-12,14-15H2,1-3H3. The van der Waals surface area contributed by atoms with E-state index in [0.717, 1.165) is 5.92 Å². The van der Waals surface area contributed by atoms with E-state index in [-0.39, 0.29) is 0 Å². The van der Waals surface area contributed by atoms with E-state index in [4.69, 9.17) is 0 Å². The summed E-state index contributed by atoms with van der Waals surface area (Å²) in [4.78, 5) is 0. The second kappa shape index (κ2) is 6.15. The minimum absolute atomic E-state index is 0.623. The summed E-state index contributed by atoms with van der Waals surface area (Å²) in [5.74, 6) is 1.03. The van der Waals surface area contributed by atoms with Gasteiger partial charge in [-0.25, -0.2) is 0 Å². The number of hydrogen-bond donors (Lipinski definition) is 0. The van der Waals surface area contributed by atoms with Crippen LogP contribution in [0, 0.1) is 5.92 Å². The third-order valence-corrected chi connectivity index (χ3v) is 5.73. The number of rotatable bonds is 8. The Balaban J connectivity index is 2.04. The summed E-state index contributed by atoms with van der Waals surface area (Å²) in [6, 6.07) is 5.03. The first-order valence-electron chi connectivity index (χ1n) is 9.40. The fraction of sp³-hybridized carbons (Fsp3) is 0.714. The van der Waals surface area contributed by atoms with E-state index in [1.54, 1.807) is 22.3 Å². The Morgan fingerprint density at radius 1 is 0.857 bits per heavy atom. The molecule has 21 heavy (non-hydrogen) atoms. The molecular weight excluding hydrogens is 252 g/mol. The molecular formula is C21H32. The molecule has 0 radical (unpaired) electrons. The van der Waals surface area contributed by atoms with Crippen LogP contribution in [0.1, 0.15) is 88.0 Å². The van der Waals surface area contributed by atoms with Gasteiger partial charge in [-0.05, 0) is 78.5 Å². The van der Waals surface area contributed by atoms with Crippen molar-refractivity contribution in [3.05, 3.63) is 34.4 Å². The molecule has 3 rings (SSSR count). The van der Waals surface area contributed by atoms with Gasteiger partial charge in [-0.2, -0.15) is 0 Å². The smallest absolute Gasteiger partial charge is 0.00153 e. The molecule has 2 aliphatic carbocycles. The van der Waals surface area contributed by atoms with Crippen molar-refractivity contribution >= 4 is 0 Å². The van der Waals surface area contributed by atoms with Crippen LogP contribution in [0.2, 0.25) is 0 Å². The van der Waals surface area contributed by atoms with Crippen LogP contribution in [0.4, 0.5) is 0 Å². The van der Waals surface area contributed by atoms with Gasteiger partial charge in [0, 0.05) is 0 Å². The first-order chi connectivity index (χ1) is 10.3. The quantitative estimate of drug-likeness (QED) is 0.550. The summed E-state index contributed by atoms with van der Waals surface area (Å²) in [6.45, 7) is 7.00.